The van der Waals surface area contributed by atoms with E-state index in [2.05, 4.69) is 5.16 Å². The lowest BCUT2D eigenvalue weighted by atomic mass is 9.97. The van der Waals surface area contributed by atoms with Crippen LogP contribution in [0.2, 0.25) is 0 Å². The second-order valence-corrected chi connectivity index (χ2v) is 7.81. The summed E-state index contributed by atoms with van der Waals surface area (Å²) in [6.07, 6.45) is 3.84. The lowest BCUT2D eigenvalue weighted by Gasteiger charge is -2.09. The molecular weight excluding hydrogens is 302 g/mol. The first-order valence-electron chi connectivity index (χ1n) is 7.43. The second kappa shape index (κ2) is 6.22. The summed E-state index contributed by atoms with van der Waals surface area (Å²) in [7, 11) is -3.30. The molecule has 6 heteroatoms. The summed E-state index contributed by atoms with van der Waals surface area (Å²) >= 11 is 0. The average molecular weight is 321 g/mol. The molecule has 5 nitrogen and oxygen atoms in total. The lowest BCUT2D eigenvalue weighted by Crippen LogP contribution is -2.10. The fraction of sp³-hybridized carbons (Fsp3) is 0.438. The first-order chi connectivity index (χ1) is 10.6. The third kappa shape index (κ3) is 3.39. The summed E-state index contributed by atoms with van der Waals surface area (Å²) in [4.78, 5) is 0. The van der Waals surface area contributed by atoms with E-state index in [1.165, 1.54) is 0 Å². The highest BCUT2D eigenvalue weighted by Gasteiger charge is 2.23. The predicted octanol–water partition coefficient (Wildman–Crippen LogP) is 2.16. The van der Waals surface area contributed by atoms with E-state index in [0.29, 0.717) is 5.69 Å². The van der Waals surface area contributed by atoms with Gasteiger partial charge in [0.15, 0.2) is 9.84 Å². The zero-order chi connectivity index (χ0) is 15.6. The molecule has 1 aliphatic rings. The van der Waals surface area contributed by atoms with Gasteiger partial charge in [0.2, 0.25) is 0 Å². The molecule has 1 aromatic heterocycles. The zero-order valence-corrected chi connectivity index (χ0v) is 13.1. The molecule has 0 bridgehead atoms. The SMILES string of the molecule is O=S(=O)(Cc1ccc(CO)cc1)Cc1noc2c1CCCC2. The van der Waals surface area contributed by atoms with Gasteiger partial charge in [0.1, 0.15) is 11.5 Å². The zero-order valence-electron chi connectivity index (χ0n) is 12.3. The van der Waals surface area contributed by atoms with Crippen LogP contribution in [0.4, 0.5) is 0 Å². The fourth-order valence-electron chi connectivity index (χ4n) is 2.82. The first-order valence-corrected chi connectivity index (χ1v) is 9.25. The molecule has 0 saturated heterocycles. The molecule has 0 aliphatic heterocycles. The van der Waals surface area contributed by atoms with Crippen molar-refractivity contribution in [3.05, 3.63) is 52.4 Å². The van der Waals surface area contributed by atoms with Crippen molar-refractivity contribution in [2.45, 2.75) is 43.8 Å². The van der Waals surface area contributed by atoms with Gasteiger partial charge in [-0.3, -0.25) is 0 Å². The smallest absolute Gasteiger partial charge is 0.160 e. The molecule has 0 unspecified atom stereocenters. The summed E-state index contributed by atoms with van der Waals surface area (Å²) < 4.78 is 30.0. The summed E-state index contributed by atoms with van der Waals surface area (Å²) in [5, 5.41) is 13.0. The Morgan fingerprint density at radius 1 is 1.05 bits per heavy atom. The number of hydrogen-bond donors (Lipinski definition) is 1. The molecule has 2 aromatic rings. The van der Waals surface area contributed by atoms with Crippen molar-refractivity contribution < 1.29 is 18.0 Å². The fourth-order valence-corrected chi connectivity index (χ4v) is 4.26. The highest BCUT2D eigenvalue weighted by Crippen LogP contribution is 2.26. The maximum atomic E-state index is 12.4. The Balaban J connectivity index is 1.74. The van der Waals surface area contributed by atoms with Crippen molar-refractivity contribution in [1.82, 2.24) is 5.16 Å². The number of nitrogens with zero attached hydrogens (tertiary/aromatic N) is 1. The standard InChI is InChI=1S/C16H19NO4S/c18-9-12-5-7-13(8-6-12)10-22(19,20)11-15-14-3-1-2-4-16(14)21-17-15/h5-8,18H,1-4,9-11H2. The molecule has 0 amide bonds. The summed E-state index contributed by atoms with van der Waals surface area (Å²) in [5.74, 6) is 0.747. The number of sulfone groups is 1. The molecule has 0 spiro atoms. The minimum Gasteiger partial charge on any atom is -0.392 e. The van der Waals surface area contributed by atoms with Gasteiger partial charge in [0, 0.05) is 12.0 Å². The van der Waals surface area contributed by atoms with Gasteiger partial charge in [-0.05, 0) is 30.4 Å². The number of aliphatic hydroxyl groups excluding tert-OH is 1. The van der Waals surface area contributed by atoms with E-state index in [4.69, 9.17) is 9.63 Å². The van der Waals surface area contributed by atoms with Crippen molar-refractivity contribution in [3.8, 4) is 0 Å². The van der Waals surface area contributed by atoms with Crippen molar-refractivity contribution in [1.29, 1.82) is 0 Å². The molecule has 1 aliphatic carbocycles. The highest BCUT2D eigenvalue weighted by molar-refractivity contribution is 7.89. The van der Waals surface area contributed by atoms with E-state index >= 15 is 0 Å². The molecular formula is C16H19NO4S. The minimum atomic E-state index is -3.30. The van der Waals surface area contributed by atoms with Crippen LogP contribution in [-0.2, 0) is 40.8 Å². The molecule has 0 fully saturated rings. The Kier molecular flexibility index (Phi) is 4.31. The minimum absolute atomic E-state index is 0.0274. The van der Waals surface area contributed by atoms with Crippen molar-refractivity contribution in [3.63, 3.8) is 0 Å². The van der Waals surface area contributed by atoms with Crippen LogP contribution in [0.1, 0.15) is 41.0 Å². The van der Waals surface area contributed by atoms with Crippen LogP contribution in [0.3, 0.4) is 0 Å². The van der Waals surface area contributed by atoms with Crippen LogP contribution in [-0.4, -0.2) is 18.7 Å². The monoisotopic (exact) mass is 321 g/mol. The Labute approximate surface area is 129 Å². The van der Waals surface area contributed by atoms with Crippen LogP contribution < -0.4 is 0 Å². The van der Waals surface area contributed by atoms with E-state index < -0.39 is 9.84 Å². The number of hydrogen-bond acceptors (Lipinski definition) is 5. The predicted molar refractivity (Wildman–Crippen MR) is 81.8 cm³/mol. The lowest BCUT2D eigenvalue weighted by molar-refractivity contribution is 0.282. The summed E-state index contributed by atoms with van der Waals surface area (Å²) in [5.41, 5.74) is 3.05. The maximum absolute atomic E-state index is 12.4. The molecule has 1 N–H and O–H groups in total. The number of aliphatic hydroxyl groups is 1. The molecule has 1 heterocycles. The van der Waals surface area contributed by atoms with Crippen LogP contribution in [0.15, 0.2) is 28.8 Å². The topological polar surface area (TPSA) is 80.4 Å². The van der Waals surface area contributed by atoms with Crippen LogP contribution in [0, 0.1) is 0 Å². The second-order valence-electron chi connectivity index (χ2n) is 5.74. The molecule has 0 atom stereocenters. The van der Waals surface area contributed by atoms with Crippen molar-refractivity contribution in [2.75, 3.05) is 0 Å². The van der Waals surface area contributed by atoms with Crippen molar-refractivity contribution in [2.24, 2.45) is 0 Å². The molecule has 118 valence electrons. The average Bonchev–Trinajstić information content (AvgIpc) is 2.90. The Bertz CT molecular complexity index is 747. The van der Waals surface area contributed by atoms with E-state index in [0.717, 1.165) is 48.1 Å². The van der Waals surface area contributed by atoms with Gasteiger partial charge in [-0.1, -0.05) is 29.4 Å². The quantitative estimate of drug-likeness (QED) is 0.913. The third-order valence-corrected chi connectivity index (χ3v) is 5.47. The summed E-state index contributed by atoms with van der Waals surface area (Å²) in [6, 6.07) is 6.95. The molecule has 22 heavy (non-hydrogen) atoms. The normalized spacial score (nSPS) is 14.8. The van der Waals surface area contributed by atoms with Gasteiger partial charge >= 0.3 is 0 Å². The van der Waals surface area contributed by atoms with E-state index in [1.807, 2.05) is 0 Å². The first kappa shape index (κ1) is 15.2. The van der Waals surface area contributed by atoms with Crippen LogP contribution >= 0.6 is 0 Å². The Morgan fingerprint density at radius 3 is 2.45 bits per heavy atom. The number of benzene rings is 1. The number of fused-ring (bicyclic) bond motifs is 1. The van der Waals surface area contributed by atoms with E-state index in [-0.39, 0.29) is 18.1 Å². The molecule has 1 aromatic carbocycles. The summed E-state index contributed by atoms with van der Waals surface area (Å²) in [6.45, 7) is -0.0435. The van der Waals surface area contributed by atoms with Gasteiger partial charge in [-0.2, -0.15) is 0 Å². The third-order valence-electron chi connectivity index (χ3n) is 3.98. The number of aromatic nitrogens is 1. The number of rotatable bonds is 5. The van der Waals surface area contributed by atoms with Gasteiger partial charge < -0.3 is 9.63 Å². The maximum Gasteiger partial charge on any atom is 0.160 e. The van der Waals surface area contributed by atoms with Gasteiger partial charge in [0.25, 0.3) is 0 Å². The highest BCUT2D eigenvalue weighted by atomic mass is 32.2. The van der Waals surface area contributed by atoms with Gasteiger partial charge in [0.05, 0.1) is 18.1 Å². The largest absolute Gasteiger partial charge is 0.392 e. The van der Waals surface area contributed by atoms with Crippen LogP contribution in [0.25, 0.3) is 0 Å². The molecule has 0 radical (unpaired) electrons. The Morgan fingerprint density at radius 2 is 1.73 bits per heavy atom. The van der Waals surface area contributed by atoms with Crippen LogP contribution in [0.5, 0.6) is 0 Å². The Hall–Kier alpha value is -1.66. The van der Waals surface area contributed by atoms with E-state index in [1.54, 1.807) is 24.3 Å². The molecule has 0 saturated carbocycles. The van der Waals surface area contributed by atoms with Crippen molar-refractivity contribution >= 4 is 9.84 Å². The molecule has 3 rings (SSSR count). The van der Waals surface area contributed by atoms with Gasteiger partial charge in [-0.15, -0.1) is 0 Å². The van der Waals surface area contributed by atoms with Gasteiger partial charge in [-0.25, -0.2) is 8.42 Å². The van der Waals surface area contributed by atoms with E-state index in [9.17, 15) is 8.42 Å². The number of aryl methyl sites for hydroxylation is 1.